The van der Waals surface area contributed by atoms with Gasteiger partial charge < -0.3 is 10.2 Å². The molecule has 0 aromatic rings. The van der Waals surface area contributed by atoms with Crippen molar-refractivity contribution in [3.05, 3.63) is 0 Å². The average Bonchev–Trinajstić information content (AvgIpc) is 1.84. The summed E-state index contributed by atoms with van der Waals surface area (Å²) >= 11 is 0. The molecule has 57 valence electrons. The number of carboxylic acid groups (broad SMARTS) is 2. The number of carboxylic acids is 2. The summed E-state index contributed by atoms with van der Waals surface area (Å²) in [5.41, 5.74) is 6.78. The summed E-state index contributed by atoms with van der Waals surface area (Å²) in [5, 5.41) is 16.4. The van der Waals surface area contributed by atoms with Crippen LogP contribution in [0.5, 0.6) is 0 Å². The zero-order chi connectivity index (χ0) is 8.31. The molecule has 2 atom stereocenters. The minimum Gasteiger partial charge on any atom is -0.481 e. The molecule has 0 aromatic heterocycles. The summed E-state index contributed by atoms with van der Waals surface area (Å²) in [6, 6.07) is -1.57. The average molecular weight is 146 g/mol. The van der Waals surface area contributed by atoms with Gasteiger partial charge in [0.2, 0.25) is 0 Å². The van der Waals surface area contributed by atoms with E-state index >= 15 is 0 Å². The lowest BCUT2D eigenvalue weighted by Gasteiger charge is -2.08. The maximum absolute atomic E-state index is 10.1. The molecule has 0 aliphatic rings. The minimum absolute atomic E-state index is 1.16. The van der Waals surface area contributed by atoms with Crippen LogP contribution in [0.2, 0.25) is 0 Å². The molecule has 0 spiro atoms. The largest absolute Gasteiger partial charge is 0.481 e. The summed E-state index contributed by atoms with van der Waals surface area (Å²) in [7, 11) is 0. The quantitative estimate of drug-likeness (QED) is 0.557. The van der Waals surface area contributed by atoms with Crippen LogP contribution in [0.4, 0.5) is 0 Å². The Balaban J connectivity index is 4.07. The molecule has 0 saturated heterocycles. The van der Waals surface area contributed by atoms with Gasteiger partial charge in [0.15, 0.2) is 0 Å². The van der Waals surface area contributed by atoms with Gasteiger partial charge in [0.05, 0.1) is 5.92 Å². The molecule has 0 fully saturated rings. The van der Waals surface area contributed by atoms with E-state index in [4.69, 9.17) is 15.9 Å². The normalized spacial score (nSPS) is 15.8. The summed E-state index contributed by atoms with van der Waals surface area (Å²) in [5.74, 6) is -3.82. The van der Waals surface area contributed by atoms with Crippen molar-refractivity contribution in [2.75, 3.05) is 0 Å². The van der Waals surface area contributed by atoms with Gasteiger partial charge in [0.1, 0.15) is 6.04 Å². The number of rotatable bonds is 3. The van der Waals surface area contributed by atoms with Crippen LogP contribution >= 0.6 is 0 Å². The van der Waals surface area contributed by atoms with Gasteiger partial charge in [-0.15, -0.1) is 0 Å². The first-order chi connectivity index (χ1) is 4.46. The van der Waals surface area contributed by atoms with E-state index in [1.165, 1.54) is 6.92 Å². The van der Waals surface area contributed by atoms with Gasteiger partial charge >= 0.3 is 11.9 Å². The molecule has 5 nitrogen and oxygen atoms in total. The standard InChI is InChI=1S/C5H8NO4/c1-2(4(7)8)3(6)5(9)10/h2-3,6H,1H3,(H,7,8)(H,9,10). The van der Waals surface area contributed by atoms with Gasteiger partial charge in [-0.25, -0.2) is 5.73 Å². The van der Waals surface area contributed by atoms with Gasteiger partial charge in [-0.2, -0.15) is 0 Å². The Kier molecular flexibility index (Phi) is 2.82. The van der Waals surface area contributed by atoms with Crippen LogP contribution in [-0.4, -0.2) is 28.2 Å². The SMILES string of the molecule is CC(C(=O)O)C([NH])C(=O)O. The van der Waals surface area contributed by atoms with Crippen molar-refractivity contribution in [3.63, 3.8) is 0 Å². The van der Waals surface area contributed by atoms with Gasteiger partial charge in [-0.05, 0) is 6.92 Å². The second-order valence-electron chi connectivity index (χ2n) is 1.94. The Labute approximate surface area is 57.5 Å². The molecule has 2 unspecified atom stereocenters. The molecule has 0 heterocycles. The third-order valence-corrected chi connectivity index (χ3v) is 1.16. The summed E-state index contributed by atoms with van der Waals surface area (Å²) in [4.78, 5) is 20.1. The van der Waals surface area contributed by atoms with Gasteiger partial charge in [-0.1, -0.05) is 0 Å². The molecule has 3 N–H and O–H groups in total. The summed E-state index contributed by atoms with van der Waals surface area (Å²) in [6.07, 6.45) is 0. The first-order valence-corrected chi connectivity index (χ1v) is 2.63. The van der Waals surface area contributed by atoms with Gasteiger partial charge in [-0.3, -0.25) is 9.59 Å². The summed E-state index contributed by atoms with van der Waals surface area (Å²) < 4.78 is 0. The van der Waals surface area contributed by atoms with E-state index in [0.717, 1.165) is 0 Å². The Bertz CT molecular complexity index is 138. The number of hydrogen-bond donors (Lipinski definition) is 2. The Hall–Kier alpha value is -1.10. The van der Waals surface area contributed by atoms with Gasteiger partial charge in [0.25, 0.3) is 0 Å². The van der Waals surface area contributed by atoms with Crippen LogP contribution in [0.3, 0.4) is 0 Å². The maximum atomic E-state index is 10.1. The zero-order valence-electron chi connectivity index (χ0n) is 5.37. The molecular formula is C5H8NO4. The van der Waals surface area contributed by atoms with Crippen LogP contribution in [0, 0.1) is 5.92 Å². The van der Waals surface area contributed by atoms with E-state index in [2.05, 4.69) is 0 Å². The van der Waals surface area contributed by atoms with Crippen molar-refractivity contribution in [2.45, 2.75) is 13.0 Å². The number of aliphatic carboxylic acids is 2. The van der Waals surface area contributed by atoms with Crippen molar-refractivity contribution in [1.29, 1.82) is 0 Å². The topological polar surface area (TPSA) is 98.4 Å². The fourth-order valence-corrected chi connectivity index (χ4v) is 0.356. The lowest BCUT2D eigenvalue weighted by molar-refractivity contribution is -0.149. The van der Waals surface area contributed by atoms with E-state index in [1.807, 2.05) is 0 Å². The molecular weight excluding hydrogens is 138 g/mol. The molecule has 1 radical (unpaired) electrons. The van der Waals surface area contributed by atoms with Crippen molar-refractivity contribution in [1.82, 2.24) is 5.73 Å². The predicted molar refractivity (Wildman–Crippen MR) is 31.3 cm³/mol. The lowest BCUT2D eigenvalue weighted by Crippen LogP contribution is -2.33. The third kappa shape index (κ3) is 2.02. The zero-order valence-corrected chi connectivity index (χ0v) is 5.37. The van der Waals surface area contributed by atoms with Crippen LogP contribution < -0.4 is 5.73 Å². The van der Waals surface area contributed by atoms with Crippen molar-refractivity contribution < 1.29 is 19.8 Å². The molecule has 0 aliphatic carbocycles. The molecule has 0 amide bonds. The van der Waals surface area contributed by atoms with E-state index < -0.39 is 23.9 Å². The van der Waals surface area contributed by atoms with Crippen LogP contribution in [-0.2, 0) is 9.59 Å². The molecule has 0 saturated carbocycles. The second kappa shape index (κ2) is 3.17. The molecule has 0 aliphatic heterocycles. The Morgan fingerprint density at radius 1 is 1.30 bits per heavy atom. The Morgan fingerprint density at radius 3 is 1.80 bits per heavy atom. The van der Waals surface area contributed by atoms with E-state index in [1.54, 1.807) is 0 Å². The van der Waals surface area contributed by atoms with Crippen molar-refractivity contribution in [2.24, 2.45) is 5.92 Å². The molecule has 0 aromatic carbocycles. The van der Waals surface area contributed by atoms with E-state index in [9.17, 15) is 9.59 Å². The molecule has 10 heavy (non-hydrogen) atoms. The fourth-order valence-electron chi connectivity index (χ4n) is 0.356. The number of nitrogens with one attached hydrogen (secondary N) is 1. The lowest BCUT2D eigenvalue weighted by atomic mass is 10.0. The van der Waals surface area contributed by atoms with E-state index in [0.29, 0.717) is 0 Å². The Morgan fingerprint density at radius 2 is 1.70 bits per heavy atom. The molecule has 0 rings (SSSR count). The highest BCUT2D eigenvalue weighted by Gasteiger charge is 2.26. The van der Waals surface area contributed by atoms with Crippen LogP contribution in [0.15, 0.2) is 0 Å². The number of carbonyl (C=O) groups is 2. The monoisotopic (exact) mass is 146 g/mol. The van der Waals surface area contributed by atoms with Gasteiger partial charge in [0, 0.05) is 0 Å². The highest BCUT2D eigenvalue weighted by Crippen LogP contribution is 2.01. The van der Waals surface area contributed by atoms with E-state index in [-0.39, 0.29) is 0 Å². The van der Waals surface area contributed by atoms with Crippen LogP contribution in [0.1, 0.15) is 6.92 Å². The highest BCUT2D eigenvalue weighted by atomic mass is 16.4. The fraction of sp³-hybridized carbons (Fsp3) is 0.600. The number of hydrogen-bond acceptors (Lipinski definition) is 2. The summed E-state index contributed by atoms with van der Waals surface area (Å²) in [6.45, 7) is 1.19. The highest BCUT2D eigenvalue weighted by molar-refractivity contribution is 5.81. The first kappa shape index (κ1) is 8.90. The van der Waals surface area contributed by atoms with Crippen molar-refractivity contribution in [3.8, 4) is 0 Å². The molecule has 0 bridgehead atoms. The van der Waals surface area contributed by atoms with Crippen molar-refractivity contribution >= 4 is 11.9 Å². The maximum Gasteiger partial charge on any atom is 0.322 e. The third-order valence-electron chi connectivity index (χ3n) is 1.16. The smallest absolute Gasteiger partial charge is 0.322 e. The predicted octanol–water partition coefficient (Wildman–Crippen LogP) is -0.557. The van der Waals surface area contributed by atoms with Crippen LogP contribution in [0.25, 0.3) is 0 Å². The molecule has 5 heteroatoms. The second-order valence-corrected chi connectivity index (χ2v) is 1.94. The minimum atomic E-state index is -1.57. The first-order valence-electron chi connectivity index (χ1n) is 2.63.